The van der Waals surface area contributed by atoms with Crippen LogP contribution in [0, 0.1) is 10.1 Å². The highest BCUT2D eigenvalue weighted by Gasteiger charge is 2.21. The Hall–Kier alpha value is -2.16. The number of ether oxygens (including phenoxy) is 1. The van der Waals surface area contributed by atoms with Crippen molar-refractivity contribution < 1.29 is 18.1 Å². The molecular formula is C12H9ClN2O5S. The molecular weight excluding hydrogens is 320 g/mol. The van der Waals surface area contributed by atoms with Crippen molar-refractivity contribution in [2.45, 2.75) is 4.90 Å². The molecule has 2 aromatic rings. The summed E-state index contributed by atoms with van der Waals surface area (Å²) in [5.74, 6) is 0.0640. The molecule has 0 spiro atoms. The van der Waals surface area contributed by atoms with Gasteiger partial charge in [-0.1, -0.05) is 23.7 Å². The van der Waals surface area contributed by atoms with Crippen LogP contribution in [0.5, 0.6) is 11.5 Å². The smallest absolute Gasteiger partial charge is 0.271 e. The predicted octanol–water partition coefficient (Wildman–Crippen LogP) is 2.69. The maximum Gasteiger partial charge on any atom is 0.271 e. The maximum atomic E-state index is 11.5. The quantitative estimate of drug-likeness (QED) is 0.684. The Balaban J connectivity index is 2.54. The van der Waals surface area contributed by atoms with Crippen molar-refractivity contribution in [2.24, 2.45) is 5.14 Å². The number of nitro benzene ring substituents is 1. The van der Waals surface area contributed by atoms with Gasteiger partial charge in [0.05, 0.1) is 9.95 Å². The van der Waals surface area contributed by atoms with Gasteiger partial charge >= 0.3 is 0 Å². The predicted molar refractivity (Wildman–Crippen MR) is 76.0 cm³/mol. The van der Waals surface area contributed by atoms with Crippen LogP contribution in [0.1, 0.15) is 0 Å². The highest BCUT2D eigenvalue weighted by atomic mass is 35.5. The van der Waals surface area contributed by atoms with E-state index in [1.54, 1.807) is 18.2 Å². The van der Waals surface area contributed by atoms with E-state index >= 15 is 0 Å². The van der Waals surface area contributed by atoms with Gasteiger partial charge in [-0.3, -0.25) is 10.1 Å². The number of sulfonamides is 1. The first-order valence-corrected chi connectivity index (χ1v) is 7.45. The van der Waals surface area contributed by atoms with E-state index in [2.05, 4.69) is 0 Å². The molecule has 0 radical (unpaired) electrons. The normalized spacial score (nSPS) is 11.1. The first-order chi connectivity index (χ1) is 9.79. The Morgan fingerprint density at radius 1 is 1.14 bits per heavy atom. The van der Waals surface area contributed by atoms with Gasteiger partial charge in [-0.2, -0.15) is 0 Å². The number of hydrogen-bond donors (Lipinski definition) is 1. The average Bonchev–Trinajstić information content (AvgIpc) is 2.40. The lowest BCUT2D eigenvalue weighted by atomic mass is 10.3. The van der Waals surface area contributed by atoms with Crippen LogP contribution in [0.4, 0.5) is 5.69 Å². The summed E-state index contributed by atoms with van der Waals surface area (Å²) in [6.07, 6.45) is 0. The number of rotatable bonds is 4. The van der Waals surface area contributed by atoms with Gasteiger partial charge in [-0.25, -0.2) is 13.6 Å². The number of primary sulfonamides is 1. The summed E-state index contributed by atoms with van der Waals surface area (Å²) in [5, 5.41) is 16.0. The van der Waals surface area contributed by atoms with Crippen LogP contribution in [-0.2, 0) is 10.0 Å². The van der Waals surface area contributed by atoms with Crippen LogP contribution in [0.25, 0.3) is 0 Å². The molecule has 0 heterocycles. The number of hydrogen-bond acceptors (Lipinski definition) is 5. The van der Waals surface area contributed by atoms with E-state index in [4.69, 9.17) is 21.5 Å². The van der Waals surface area contributed by atoms with Crippen LogP contribution in [-0.4, -0.2) is 13.3 Å². The number of nitro groups is 1. The van der Waals surface area contributed by atoms with Crippen molar-refractivity contribution in [3.8, 4) is 11.5 Å². The molecule has 0 saturated carbocycles. The number of para-hydroxylation sites is 1. The minimum atomic E-state index is -4.19. The molecule has 21 heavy (non-hydrogen) atoms. The van der Waals surface area contributed by atoms with Crippen LogP contribution in [0.3, 0.4) is 0 Å². The summed E-state index contributed by atoms with van der Waals surface area (Å²) < 4.78 is 28.5. The molecule has 0 unspecified atom stereocenters. The topological polar surface area (TPSA) is 113 Å². The molecule has 0 aliphatic rings. The van der Waals surface area contributed by atoms with Crippen molar-refractivity contribution in [2.75, 3.05) is 0 Å². The second-order valence-electron chi connectivity index (χ2n) is 3.97. The monoisotopic (exact) mass is 328 g/mol. The zero-order valence-corrected chi connectivity index (χ0v) is 12.0. The van der Waals surface area contributed by atoms with Crippen LogP contribution >= 0.6 is 11.6 Å². The van der Waals surface area contributed by atoms with Gasteiger partial charge < -0.3 is 4.74 Å². The van der Waals surface area contributed by atoms with E-state index in [-0.39, 0.29) is 16.5 Å². The third kappa shape index (κ3) is 3.48. The zero-order valence-electron chi connectivity index (χ0n) is 10.4. The zero-order chi connectivity index (χ0) is 15.6. The lowest BCUT2D eigenvalue weighted by Crippen LogP contribution is -2.13. The van der Waals surface area contributed by atoms with Crippen molar-refractivity contribution in [3.05, 3.63) is 57.6 Å². The molecule has 0 atom stereocenters. The summed E-state index contributed by atoms with van der Waals surface area (Å²) in [7, 11) is -4.19. The second-order valence-corrected chi connectivity index (χ2v) is 5.90. The molecule has 7 nitrogen and oxygen atoms in total. The van der Waals surface area contributed by atoms with Gasteiger partial charge in [-0.05, 0) is 18.2 Å². The summed E-state index contributed by atoms with van der Waals surface area (Å²) in [6.45, 7) is 0. The van der Waals surface area contributed by atoms with Gasteiger partial charge in [0.1, 0.15) is 16.4 Å². The number of non-ortho nitro benzene ring substituents is 1. The fourth-order valence-electron chi connectivity index (χ4n) is 1.56. The third-order valence-electron chi connectivity index (χ3n) is 2.50. The fraction of sp³-hybridized carbons (Fsp3) is 0. The molecule has 0 saturated heterocycles. The first kappa shape index (κ1) is 15.2. The molecule has 110 valence electrons. The molecule has 0 aromatic heterocycles. The van der Waals surface area contributed by atoms with Gasteiger partial charge in [0.15, 0.2) is 0 Å². The molecule has 0 aliphatic heterocycles. The largest absolute Gasteiger partial charge is 0.454 e. The highest BCUT2D eigenvalue weighted by Crippen LogP contribution is 2.34. The van der Waals surface area contributed by atoms with E-state index in [1.165, 1.54) is 6.07 Å². The van der Waals surface area contributed by atoms with Crippen molar-refractivity contribution in [1.82, 2.24) is 0 Å². The van der Waals surface area contributed by atoms with Gasteiger partial charge in [0.25, 0.3) is 5.69 Å². The Kier molecular flexibility index (Phi) is 4.12. The van der Waals surface area contributed by atoms with Gasteiger partial charge in [0.2, 0.25) is 10.0 Å². The molecule has 0 aliphatic carbocycles. The summed E-state index contributed by atoms with van der Waals surface area (Å²) in [5.41, 5.74) is -0.412. The third-order valence-corrected chi connectivity index (χ3v) is 3.75. The van der Waals surface area contributed by atoms with Gasteiger partial charge in [0, 0.05) is 12.1 Å². The van der Waals surface area contributed by atoms with Crippen LogP contribution in [0.15, 0.2) is 47.4 Å². The summed E-state index contributed by atoms with van der Waals surface area (Å²) in [4.78, 5) is 9.49. The maximum absolute atomic E-state index is 11.5. The Bertz CT molecular complexity index is 807. The van der Waals surface area contributed by atoms with Gasteiger partial charge in [-0.15, -0.1) is 0 Å². The van der Waals surface area contributed by atoms with Crippen molar-refractivity contribution in [3.63, 3.8) is 0 Å². The number of benzene rings is 2. The standard InChI is InChI=1S/C12H9ClN2O5S/c13-9-3-1-2-4-10(9)20-11-6-5-8(15(16)17)7-12(11)21(14,18)19/h1-7H,(H2,14,18,19). The highest BCUT2D eigenvalue weighted by molar-refractivity contribution is 7.89. The molecule has 0 fully saturated rings. The van der Waals surface area contributed by atoms with Crippen molar-refractivity contribution in [1.29, 1.82) is 0 Å². The second kappa shape index (κ2) is 5.68. The minimum absolute atomic E-state index is 0.142. The van der Waals surface area contributed by atoms with Crippen LogP contribution in [0.2, 0.25) is 5.02 Å². The Labute approximate surface area is 125 Å². The number of halogens is 1. The number of nitrogens with two attached hydrogens (primary N) is 1. The van der Waals surface area contributed by atoms with Crippen LogP contribution < -0.4 is 9.88 Å². The Morgan fingerprint density at radius 2 is 1.81 bits per heavy atom. The molecule has 2 aromatic carbocycles. The lowest BCUT2D eigenvalue weighted by Gasteiger charge is -2.10. The van der Waals surface area contributed by atoms with E-state index in [9.17, 15) is 18.5 Å². The lowest BCUT2D eigenvalue weighted by molar-refractivity contribution is -0.385. The average molecular weight is 329 g/mol. The molecule has 0 bridgehead atoms. The summed E-state index contributed by atoms with van der Waals surface area (Å²) in [6, 6.07) is 9.49. The Morgan fingerprint density at radius 3 is 2.38 bits per heavy atom. The molecule has 2 N–H and O–H groups in total. The van der Waals surface area contributed by atoms with E-state index < -0.39 is 25.5 Å². The molecule has 9 heteroatoms. The minimum Gasteiger partial charge on any atom is -0.454 e. The first-order valence-electron chi connectivity index (χ1n) is 5.52. The van der Waals surface area contributed by atoms with E-state index in [1.807, 2.05) is 0 Å². The molecule has 0 amide bonds. The van der Waals surface area contributed by atoms with Crippen molar-refractivity contribution >= 4 is 27.3 Å². The summed E-state index contributed by atoms with van der Waals surface area (Å²) >= 11 is 5.91. The molecule has 2 rings (SSSR count). The van der Waals surface area contributed by atoms with E-state index in [0.29, 0.717) is 0 Å². The van der Waals surface area contributed by atoms with E-state index in [0.717, 1.165) is 18.2 Å². The SMILES string of the molecule is NS(=O)(=O)c1cc([N+](=O)[O-])ccc1Oc1ccccc1Cl. The number of nitrogens with zero attached hydrogens (tertiary/aromatic N) is 1. The fourth-order valence-corrected chi connectivity index (χ4v) is 2.41.